The number of benzene rings is 2. The number of ether oxygens (including phenoxy) is 1. The minimum atomic E-state index is -0.435. The second-order valence-electron chi connectivity index (χ2n) is 5.85. The van der Waals surface area contributed by atoms with E-state index in [1.807, 2.05) is 6.07 Å². The van der Waals surface area contributed by atoms with E-state index in [1.165, 1.54) is 6.33 Å². The first-order chi connectivity index (χ1) is 14.5. The van der Waals surface area contributed by atoms with Crippen LogP contribution in [0, 0.1) is 0 Å². The van der Waals surface area contributed by atoms with E-state index in [-0.39, 0.29) is 29.8 Å². The molecule has 0 radical (unpaired) electrons. The van der Waals surface area contributed by atoms with Crippen LogP contribution in [-0.4, -0.2) is 28.4 Å². The molecule has 3 aromatic rings. The fraction of sp³-hybridized carbons (Fsp3) is 0.0526. The van der Waals surface area contributed by atoms with Crippen molar-refractivity contribution in [3.05, 3.63) is 71.0 Å². The monoisotopic (exact) mass is 471 g/mol. The molecule has 0 aliphatic carbocycles. The number of hydrazine groups is 2. The van der Waals surface area contributed by atoms with E-state index in [4.69, 9.17) is 10.5 Å². The van der Waals surface area contributed by atoms with Gasteiger partial charge in [-0.05, 0) is 36.4 Å². The molecule has 0 aliphatic heterocycles. The highest BCUT2D eigenvalue weighted by molar-refractivity contribution is 9.10. The maximum Gasteiger partial charge on any atom is 0.276 e. The molecule has 11 heteroatoms. The van der Waals surface area contributed by atoms with Crippen molar-refractivity contribution in [1.82, 2.24) is 20.8 Å². The number of nitrogens with zero attached hydrogens (tertiary/aromatic N) is 2. The highest BCUT2D eigenvalue weighted by Gasteiger charge is 2.11. The number of nitrogen functional groups attached to an aromatic ring is 1. The van der Waals surface area contributed by atoms with E-state index in [9.17, 15) is 9.59 Å². The summed E-state index contributed by atoms with van der Waals surface area (Å²) in [6.45, 7) is -0.198. The lowest BCUT2D eigenvalue weighted by Gasteiger charge is -2.14. The number of rotatable bonds is 8. The minimum Gasteiger partial charge on any atom is -0.484 e. The highest BCUT2D eigenvalue weighted by Crippen LogP contribution is 2.21. The standard InChI is InChI=1S/C19H18BrN7O3/c20-13-8-6-12(7-9-13)19(29)27-26-18-16(21)17(22-11-23-18)25-24-15(28)10-30-14-4-2-1-3-5-14/h1-9,11H,10,21H2,(H,24,28)(H,27,29)(H2,22,23,25,26). The van der Waals surface area contributed by atoms with Gasteiger partial charge in [-0.2, -0.15) is 0 Å². The van der Waals surface area contributed by atoms with Gasteiger partial charge < -0.3 is 10.5 Å². The average Bonchev–Trinajstić information content (AvgIpc) is 2.77. The van der Waals surface area contributed by atoms with Gasteiger partial charge in [-0.1, -0.05) is 34.1 Å². The number of para-hydroxylation sites is 1. The Labute approximate surface area is 180 Å². The van der Waals surface area contributed by atoms with Gasteiger partial charge in [0.05, 0.1) is 0 Å². The van der Waals surface area contributed by atoms with Gasteiger partial charge in [-0.15, -0.1) is 0 Å². The van der Waals surface area contributed by atoms with Gasteiger partial charge in [0.15, 0.2) is 18.2 Å². The molecule has 2 amide bonds. The Morgan fingerprint density at radius 1 is 0.933 bits per heavy atom. The Kier molecular flexibility index (Phi) is 7.00. The Balaban J connectivity index is 1.52. The Bertz CT molecular complexity index is 1020. The molecule has 0 unspecified atom stereocenters. The van der Waals surface area contributed by atoms with E-state index in [0.717, 1.165) is 4.47 Å². The number of amides is 2. The fourth-order valence-corrected chi connectivity index (χ4v) is 2.48. The second kappa shape index (κ2) is 10.1. The van der Waals surface area contributed by atoms with Crippen molar-refractivity contribution in [3.63, 3.8) is 0 Å². The van der Waals surface area contributed by atoms with Gasteiger partial charge in [0, 0.05) is 10.0 Å². The molecular formula is C19H18BrN7O3. The third-order valence-corrected chi connectivity index (χ3v) is 4.25. The Hall–Kier alpha value is -3.86. The van der Waals surface area contributed by atoms with Crippen LogP contribution in [0.2, 0.25) is 0 Å². The smallest absolute Gasteiger partial charge is 0.276 e. The molecule has 0 atom stereocenters. The van der Waals surface area contributed by atoms with Crippen LogP contribution in [0.25, 0.3) is 0 Å². The molecule has 2 aromatic carbocycles. The van der Waals surface area contributed by atoms with Gasteiger partial charge >= 0.3 is 0 Å². The first-order valence-corrected chi connectivity index (χ1v) is 9.47. The molecule has 0 saturated carbocycles. The largest absolute Gasteiger partial charge is 0.484 e. The number of nitrogens with two attached hydrogens (primary N) is 1. The van der Waals surface area contributed by atoms with Crippen molar-refractivity contribution in [2.75, 3.05) is 23.2 Å². The third-order valence-electron chi connectivity index (χ3n) is 3.72. The number of aromatic nitrogens is 2. The molecule has 1 heterocycles. The molecule has 154 valence electrons. The van der Waals surface area contributed by atoms with Crippen molar-refractivity contribution in [2.24, 2.45) is 0 Å². The quantitative estimate of drug-likeness (QED) is 0.314. The zero-order valence-corrected chi connectivity index (χ0v) is 17.1. The van der Waals surface area contributed by atoms with E-state index in [0.29, 0.717) is 11.3 Å². The van der Waals surface area contributed by atoms with E-state index in [2.05, 4.69) is 47.6 Å². The van der Waals surface area contributed by atoms with Crippen LogP contribution in [0.1, 0.15) is 10.4 Å². The average molecular weight is 472 g/mol. The summed E-state index contributed by atoms with van der Waals surface area (Å²) in [5.41, 5.74) is 16.7. The fourth-order valence-electron chi connectivity index (χ4n) is 2.21. The summed E-state index contributed by atoms with van der Waals surface area (Å²) in [5, 5.41) is 0. The summed E-state index contributed by atoms with van der Waals surface area (Å²) < 4.78 is 6.21. The van der Waals surface area contributed by atoms with Gasteiger partial charge in [0.25, 0.3) is 11.8 Å². The zero-order valence-electron chi connectivity index (χ0n) is 15.6. The predicted molar refractivity (Wildman–Crippen MR) is 115 cm³/mol. The molecule has 0 spiro atoms. The number of hydrogen-bond donors (Lipinski definition) is 5. The first kappa shape index (κ1) is 20.9. The summed E-state index contributed by atoms with van der Waals surface area (Å²) in [6.07, 6.45) is 1.22. The molecule has 0 fully saturated rings. The van der Waals surface area contributed by atoms with Gasteiger partial charge in [0.1, 0.15) is 17.8 Å². The van der Waals surface area contributed by atoms with Gasteiger partial charge in [-0.25, -0.2) is 9.97 Å². The van der Waals surface area contributed by atoms with Crippen molar-refractivity contribution < 1.29 is 14.3 Å². The number of hydrogen-bond acceptors (Lipinski definition) is 8. The van der Waals surface area contributed by atoms with Crippen LogP contribution in [0.15, 0.2) is 65.4 Å². The van der Waals surface area contributed by atoms with E-state index >= 15 is 0 Å². The van der Waals surface area contributed by atoms with Crippen LogP contribution in [0.4, 0.5) is 17.3 Å². The van der Waals surface area contributed by atoms with Crippen LogP contribution in [-0.2, 0) is 4.79 Å². The summed E-state index contributed by atoms with van der Waals surface area (Å²) in [6, 6.07) is 15.7. The van der Waals surface area contributed by atoms with Crippen molar-refractivity contribution in [3.8, 4) is 5.75 Å². The lowest BCUT2D eigenvalue weighted by Crippen LogP contribution is -2.34. The summed E-state index contributed by atoms with van der Waals surface area (Å²) in [5.74, 6) is 0.0738. The summed E-state index contributed by atoms with van der Waals surface area (Å²) in [7, 11) is 0. The molecular weight excluding hydrogens is 454 g/mol. The first-order valence-electron chi connectivity index (χ1n) is 8.68. The van der Waals surface area contributed by atoms with Crippen molar-refractivity contribution >= 4 is 45.1 Å². The predicted octanol–water partition coefficient (Wildman–Crippen LogP) is 2.10. The lowest BCUT2D eigenvalue weighted by atomic mass is 10.2. The van der Waals surface area contributed by atoms with Crippen LogP contribution >= 0.6 is 15.9 Å². The van der Waals surface area contributed by atoms with Crippen LogP contribution in [0.5, 0.6) is 5.75 Å². The van der Waals surface area contributed by atoms with Crippen LogP contribution < -0.4 is 32.2 Å². The maximum atomic E-state index is 12.2. The summed E-state index contributed by atoms with van der Waals surface area (Å²) >= 11 is 3.31. The van der Waals surface area contributed by atoms with Crippen molar-refractivity contribution in [2.45, 2.75) is 0 Å². The number of carbonyl (C=O) groups excluding carboxylic acids is 2. The zero-order chi connectivity index (χ0) is 21.3. The summed E-state index contributed by atoms with van der Waals surface area (Å²) in [4.78, 5) is 32.0. The molecule has 3 rings (SSSR count). The SMILES string of the molecule is Nc1c(NNC(=O)COc2ccccc2)ncnc1NNC(=O)c1ccc(Br)cc1. The number of halogens is 1. The molecule has 0 saturated heterocycles. The Morgan fingerprint density at radius 2 is 1.57 bits per heavy atom. The molecule has 0 aliphatic rings. The normalized spacial score (nSPS) is 10.0. The number of anilines is 3. The molecule has 30 heavy (non-hydrogen) atoms. The minimum absolute atomic E-state index is 0.0953. The number of nitrogens with one attached hydrogen (secondary N) is 4. The van der Waals surface area contributed by atoms with Crippen molar-refractivity contribution in [1.29, 1.82) is 0 Å². The molecule has 6 N–H and O–H groups in total. The molecule has 0 bridgehead atoms. The van der Waals surface area contributed by atoms with E-state index in [1.54, 1.807) is 48.5 Å². The topological polar surface area (TPSA) is 143 Å². The third kappa shape index (κ3) is 5.82. The van der Waals surface area contributed by atoms with Gasteiger partial charge in [-0.3, -0.25) is 31.3 Å². The van der Waals surface area contributed by atoms with E-state index < -0.39 is 5.91 Å². The van der Waals surface area contributed by atoms with Gasteiger partial charge in [0.2, 0.25) is 0 Å². The Morgan fingerprint density at radius 3 is 2.23 bits per heavy atom. The number of carbonyl (C=O) groups is 2. The molecule has 1 aromatic heterocycles. The maximum absolute atomic E-state index is 12.2. The highest BCUT2D eigenvalue weighted by atomic mass is 79.9. The molecule has 10 nitrogen and oxygen atoms in total. The lowest BCUT2D eigenvalue weighted by molar-refractivity contribution is -0.122. The van der Waals surface area contributed by atoms with Crippen LogP contribution in [0.3, 0.4) is 0 Å². The second-order valence-corrected chi connectivity index (χ2v) is 6.76.